The van der Waals surface area contributed by atoms with E-state index in [0.29, 0.717) is 0 Å². The highest BCUT2D eigenvalue weighted by Crippen LogP contribution is 2.21. The van der Waals surface area contributed by atoms with Crippen LogP contribution in [0, 0.1) is 0 Å². The van der Waals surface area contributed by atoms with Crippen LogP contribution in [0.4, 0.5) is 0 Å². The number of aryl methyl sites for hydroxylation is 1. The lowest BCUT2D eigenvalue weighted by atomic mass is 10.1. The topological polar surface area (TPSA) is 21.3 Å². The molecule has 0 bridgehead atoms. The molecule has 1 fully saturated rings. The molecule has 1 aliphatic carbocycles. The fourth-order valence-electron chi connectivity index (χ4n) is 1.94. The van der Waals surface area contributed by atoms with Crippen LogP contribution < -0.4 is 10.1 Å². The fourth-order valence-corrected chi connectivity index (χ4v) is 1.94. The molecule has 2 heteroatoms. The van der Waals surface area contributed by atoms with Gasteiger partial charge in [0.25, 0.3) is 0 Å². The lowest BCUT2D eigenvalue weighted by molar-refractivity contribution is 0.314. The molecular formula is C15H23NO. The molecule has 0 aliphatic heterocycles. The Balaban J connectivity index is 1.76. The molecule has 94 valence electrons. The zero-order valence-corrected chi connectivity index (χ0v) is 10.7. The maximum absolute atomic E-state index is 5.76. The summed E-state index contributed by atoms with van der Waals surface area (Å²) in [6.45, 7) is 4.09. The van der Waals surface area contributed by atoms with Gasteiger partial charge in [-0.2, -0.15) is 0 Å². The van der Waals surface area contributed by atoms with Crippen molar-refractivity contribution in [3.05, 3.63) is 29.8 Å². The molecule has 0 saturated heterocycles. The van der Waals surface area contributed by atoms with Crippen LogP contribution in [0.3, 0.4) is 0 Å². The molecule has 0 amide bonds. The second kappa shape index (κ2) is 6.65. The minimum atomic E-state index is 0.817. The number of benzene rings is 1. The Labute approximate surface area is 104 Å². The molecule has 2 rings (SSSR count). The van der Waals surface area contributed by atoms with E-state index in [1.165, 1.54) is 24.8 Å². The second-order valence-electron chi connectivity index (χ2n) is 4.79. The Morgan fingerprint density at radius 2 is 2.12 bits per heavy atom. The summed E-state index contributed by atoms with van der Waals surface area (Å²) in [6, 6.07) is 9.24. The van der Waals surface area contributed by atoms with Gasteiger partial charge in [0.1, 0.15) is 5.75 Å². The first-order valence-corrected chi connectivity index (χ1v) is 6.84. The zero-order valence-electron chi connectivity index (χ0n) is 10.7. The van der Waals surface area contributed by atoms with Gasteiger partial charge >= 0.3 is 0 Å². The number of rotatable bonds is 8. The SMILES string of the molecule is CCCOc1ccccc1CCCNC1CC1. The van der Waals surface area contributed by atoms with Crippen molar-refractivity contribution in [3.8, 4) is 5.75 Å². The summed E-state index contributed by atoms with van der Waals surface area (Å²) < 4.78 is 5.76. The summed E-state index contributed by atoms with van der Waals surface area (Å²) in [7, 11) is 0. The first kappa shape index (κ1) is 12.4. The van der Waals surface area contributed by atoms with Gasteiger partial charge in [0.2, 0.25) is 0 Å². The van der Waals surface area contributed by atoms with Gasteiger partial charge in [-0.25, -0.2) is 0 Å². The first-order chi connectivity index (χ1) is 8.40. The van der Waals surface area contributed by atoms with Crippen LogP contribution in [0.2, 0.25) is 0 Å². The van der Waals surface area contributed by atoms with E-state index < -0.39 is 0 Å². The van der Waals surface area contributed by atoms with Gasteiger partial charge in [-0.1, -0.05) is 25.1 Å². The van der Waals surface area contributed by atoms with Crippen molar-refractivity contribution >= 4 is 0 Å². The van der Waals surface area contributed by atoms with Crippen LogP contribution in [0.1, 0.15) is 38.2 Å². The molecule has 0 atom stereocenters. The molecule has 1 aromatic rings. The number of nitrogens with one attached hydrogen (secondary N) is 1. The summed E-state index contributed by atoms with van der Waals surface area (Å²) in [5, 5.41) is 3.55. The van der Waals surface area contributed by atoms with Crippen molar-refractivity contribution < 1.29 is 4.74 Å². The van der Waals surface area contributed by atoms with Crippen LogP contribution in [-0.2, 0) is 6.42 Å². The molecular weight excluding hydrogens is 210 g/mol. The highest BCUT2D eigenvalue weighted by Gasteiger charge is 2.19. The lowest BCUT2D eigenvalue weighted by Crippen LogP contribution is -2.17. The molecule has 0 aromatic heterocycles. The second-order valence-corrected chi connectivity index (χ2v) is 4.79. The van der Waals surface area contributed by atoms with Crippen LogP contribution in [0.25, 0.3) is 0 Å². The van der Waals surface area contributed by atoms with Gasteiger partial charge in [-0.15, -0.1) is 0 Å². The monoisotopic (exact) mass is 233 g/mol. The normalized spacial score (nSPS) is 14.9. The minimum absolute atomic E-state index is 0.817. The number of para-hydroxylation sites is 1. The Hall–Kier alpha value is -1.02. The quantitative estimate of drug-likeness (QED) is 0.696. The summed E-state index contributed by atoms with van der Waals surface area (Å²) in [4.78, 5) is 0. The molecule has 1 aromatic carbocycles. The Bertz CT molecular complexity index is 333. The smallest absolute Gasteiger partial charge is 0.122 e. The lowest BCUT2D eigenvalue weighted by Gasteiger charge is -2.10. The Morgan fingerprint density at radius 3 is 2.88 bits per heavy atom. The van der Waals surface area contributed by atoms with E-state index in [4.69, 9.17) is 4.74 Å². The van der Waals surface area contributed by atoms with Gasteiger partial charge in [0.05, 0.1) is 6.61 Å². The molecule has 0 spiro atoms. The number of hydrogen-bond donors (Lipinski definition) is 1. The van der Waals surface area contributed by atoms with Crippen molar-refractivity contribution in [2.24, 2.45) is 0 Å². The number of hydrogen-bond acceptors (Lipinski definition) is 2. The third-order valence-electron chi connectivity index (χ3n) is 3.07. The summed E-state index contributed by atoms with van der Waals surface area (Å²) in [5.74, 6) is 1.07. The molecule has 1 aliphatic rings. The van der Waals surface area contributed by atoms with Gasteiger partial charge in [0.15, 0.2) is 0 Å². The third-order valence-corrected chi connectivity index (χ3v) is 3.07. The molecule has 0 unspecified atom stereocenters. The van der Waals surface area contributed by atoms with Crippen molar-refractivity contribution in [3.63, 3.8) is 0 Å². The maximum atomic E-state index is 5.76. The van der Waals surface area contributed by atoms with Crippen molar-refractivity contribution in [1.82, 2.24) is 5.32 Å². The zero-order chi connectivity index (χ0) is 11.9. The van der Waals surface area contributed by atoms with E-state index >= 15 is 0 Å². The average molecular weight is 233 g/mol. The van der Waals surface area contributed by atoms with E-state index in [1.54, 1.807) is 0 Å². The number of ether oxygens (including phenoxy) is 1. The predicted molar refractivity (Wildman–Crippen MR) is 71.6 cm³/mol. The van der Waals surface area contributed by atoms with Crippen LogP contribution in [-0.4, -0.2) is 19.2 Å². The van der Waals surface area contributed by atoms with Crippen molar-refractivity contribution in [1.29, 1.82) is 0 Å². The maximum Gasteiger partial charge on any atom is 0.122 e. The first-order valence-electron chi connectivity index (χ1n) is 6.84. The highest BCUT2D eigenvalue weighted by molar-refractivity contribution is 5.33. The third kappa shape index (κ3) is 4.39. The van der Waals surface area contributed by atoms with E-state index in [-0.39, 0.29) is 0 Å². The highest BCUT2D eigenvalue weighted by atomic mass is 16.5. The Morgan fingerprint density at radius 1 is 1.29 bits per heavy atom. The van der Waals surface area contributed by atoms with Gasteiger partial charge in [0, 0.05) is 6.04 Å². The van der Waals surface area contributed by atoms with Crippen molar-refractivity contribution in [2.75, 3.05) is 13.2 Å². The van der Waals surface area contributed by atoms with Gasteiger partial charge in [-0.05, 0) is 50.3 Å². The summed E-state index contributed by atoms with van der Waals surface area (Å²) in [6.07, 6.45) is 6.12. The molecule has 1 N–H and O–H groups in total. The average Bonchev–Trinajstić information content (AvgIpc) is 3.17. The van der Waals surface area contributed by atoms with E-state index in [2.05, 4.69) is 36.5 Å². The fraction of sp³-hybridized carbons (Fsp3) is 0.600. The van der Waals surface area contributed by atoms with E-state index in [0.717, 1.165) is 37.8 Å². The standard InChI is InChI=1S/C15H23NO/c1-2-12-17-15-8-4-3-6-13(15)7-5-11-16-14-9-10-14/h3-4,6,8,14,16H,2,5,7,9-12H2,1H3. The summed E-state index contributed by atoms with van der Waals surface area (Å²) in [5.41, 5.74) is 1.35. The predicted octanol–water partition coefficient (Wildman–Crippen LogP) is 3.16. The van der Waals surface area contributed by atoms with E-state index in [1.807, 2.05) is 0 Å². The molecule has 0 heterocycles. The molecule has 0 radical (unpaired) electrons. The largest absolute Gasteiger partial charge is 0.493 e. The van der Waals surface area contributed by atoms with Crippen LogP contribution in [0.5, 0.6) is 5.75 Å². The van der Waals surface area contributed by atoms with E-state index in [9.17, 15) is 0 Å². The van der Waals surface area contributed by atoms with Gasteiger partial charge < -0.3 is 10.1 Å². The molecule has 1 saturated carbocycles. The molecule has 17 heavy (non-hydrogen) atoms. The Kier molecular flexibility index (Phi) is 4.87. The van der Waals surface area contributed by atoms with Crippen LogP contribution in [0.15, 0.2) is 24.3 Å². The minimum Gasteiger partial charge on any atom is -0.493 e. The molecule has 2 nitrogen and oxygen atoms in total. The van der Waals surface area contributed by atoms with Crippen LogP contribution >= 0.6 is 0 Å². The van der Waals surface area contributed by atoms with Gasteiger partial charge in [-0.3, -0.25) is 0 Å². The summed E-state index contributed by atoms with van der Waals surface area (Å²) >= 11 is 0. The van der Waals surface area contributed by atoms with Crippen molar-refractivity contribution in [2.45, 2.75) is 45.1 Å².